The zero-order valence-corrected chi connectivity index (χ0v) is 12.4. The first kappa shape index (κ1) is 16.3. The lowest BCUT2D eigenvalue weighted by Gasteiger charge is -2.24. The molecule has 0 spiro atoms. The van der Waals surface area contributed by atoms with Gasteiger partial charge in [-0.1, -0.05) is 6.92 Å². The molecule has 2 atom stereocenters. The first-order valence-corrected chi connectivity index (χ1v) is 6.74. The van der Waals surface area contributed by atoms with Crippen LogP contribution in [0.15, 0.2) is 0 Å². The second-order valence-corrected chi connectivity index (χ2v) is 5.69. The van der Waals surface area contributed by atoms with Gasteiger partial charge in [0.15, 0.2) is 0 Å². The molecule has 1 saturated heterocycles. The number of carboxylic acids is 1. The second kappa shape index (κ2) is 6.58. The highest BCUT2D eigenvalue weighted by atomic mass is 16.4. The van der Waals surface area contributed by atoms with Gasteiger partial charge in [-0.3, -0.25) is 9.59 Å². The molecule has 1 heterocycles. The maximum Gasteiger partial charge on any atom is 0.320 e. The molecule has 3 amide bonds. The van der Waals surface area contributed by atoms with Gasteiger partial charge in [0.2, 0.25) is 5.91 Å². The molecule has 0 aromatic carbocycles. The number of nitrogens with zero attached hydrogens (tertiary/aromatic N) is 2. The highest BCUT2D eigenvalue weighted by Gasteiger charge is 2.38. The molecule has 0 aromatic rings. The molecule has 0 unspecified atom stereocenters. The molecule has 114 valence electrons. The fourth-order valence-electron chi connectivity index (χ4n) is 2.34. The average Bonchev–Trinajstić information content (AvgIpc) is 2.69. The Morgan fingerprint density at radius 2 is 1.95 bits per heavy atom. The number of carbonyl (C=O) groups excluding carboxylic acids is 2. The normalized spacial score (nSPS) is 21.9. The highest BCUT2D eigenvalue weighted by Crippen LogP contribution is 2.23. The van der Waals surface area contributed by atoms with Crippen LogP contribution >= 0.6 is 0 Å². The lowest BCUT2D eigenvalue weighted by Crippen LogP contribution is -2.46. The fourth-order valence-corrected chi connectivity index (χ4v) is 2.34. The van der Waals surface area contributed by atoms with E-state index in [1.54, 1.807) is 7.05 Å². The summed E-state index contributed by atoms with van der Waals surface area (Å²) in [6.45, 7) is 6.09. The van der Waals surface area contributed by atoms with Crippen molar-refractivity contribution in [1.82, 2.24) is 15.1 Å². The summed E-state index contributed by atoms with van der Waals surface area (Å²) in [7, 11) is 1.54. The minimum Gasteiger partial charge on any atom is -0.481 e. The van der Waals surface area contributed by atoms with E-state index in [0.717, 1.165) is 0 Å². The average molecular weight is 285 g/mol. The highest BCUT2D eigenvalue weighted by molar-refractivity contribution is 5.84. The predicted molar refractivity (Wildman–Crippen MR) is 73.2 cm³/mol. The molecule has 2 N–H and O–H groups in total. The smallest absolute Gasteiger partial charge is 0.320 e. The number of likely N-dealkylation sites (N-methyl/N-ethyl adjacent to an activating group) is 1. The van der Waals surface area contributed by atoms with E-state index in [9.17, 15) is 14.4 Å². The van der Waals surface area contributed by atoms with Crippen molar-refractivity contribution < 1.29 is 19.5 Å². The summed E-state index contributed by atoms with van der Waals surface area (Å²) in [4.78, 5) is 37.6. The number of hydrogen-bond donors (Lipinski definition) is 2. The topological polar surface area (TPSA) is 90.0 Å². The predicted octanol–water partition coefficient (Wildman–Crippen LogP) is 0.215. The van der Waals surface area contributed by atoms with Gasteiger partial charge in [-0.05, 0) is 19.8 Å². The van der Waals surface area contributed by atoms with Gasteiger partial charge in [-0.2, -0.15) is 0 Å². The number of urea groups is 1. The number of hydrogen-bond acceptors (Lipinski definition) is 3. The van der Waals surface area contributed by atoms with E-state index in [2.05, 4.69) is 5.32 Å². The zero-order chi connectivity index (χ0) is 15.4. The quantitative estimate of drug-likeness (QED) is 0.773. The molecular formula is C13H23N3O4. The van der Waals surface area contributed by atoms with E-state index >= 15 is 0 Å². The van der Waals surface area contributed by atoms with E-state index in [0.29, 0.717) is 6.54 Å². The van der Waals surface area contributed by atoms with Crippen LogP contribution in [0.1, 0.15) is 20.8 Å². The van der Waals surface area contributed by atoms with Gasteiger partial charge in [0.25, 0.3) is 0 Å². The van der Waals surface area contributed by atoms with Gasteiger partial charge in [0, 0.05) is 26.2 Å². The molecule has 0 aliphatic carbocycles. The summed E-state index contributed by atoms with van der Waals surface area (Å²) in [6, 6.07) is -0.284. The molecule has 1 aliphatic heterocycles. The Bertz CT molecular complexity index is 397. The molecule has 1 aliphatic rings. The van der Waals surface area contributed by atoms with Crippen LogP contribution in [0.3, 0.4) is 0 Å². The Labute approximate surface area is 118 Å². The van der Waals surface area contributed by atoms with E-state index in [4.69, 9.17) is 5.11 Å². The second-order valence-electron chi connectivity index (χ2n) is 5.69. The van der Waals surface area contributed by atoms with Gasteiger partial charge in [-0.15, -0.1) is 0 Å². The van der Waals surface area contributed by atoms with Crippen LogP contribution in [-0.4, -0.2) is 65.5 Å². The summed E-state index contributed by atoms with van der Waals surface area (Å²) in [5.74, 6) is -1.71. The molecule has 0 bridgehead atoms. The zero-order valence-electron chi connectivity index (χ0n) is 12.4. The number of aliphatic carboxylic acids is 1. The van der Waals surface area contributed by atoms with Gasteiger partial charge in [0.1, 0.15) is 6.54 Å². The molecule has 0 saturated carbocycles. The molecule has 1 fully saturated rings. The summed E-state index contributed by atoms with van der Waals surface area (Å²) < 4.78 is 0. The Balaban J connectivity index is 2.54. The summed E-state index contributed by atoms with van der Waals surface area (Å²) in [5, 5.41) is 11.8. The molecule has 1 rings (SSSR count). The lowest BCUT2D eigenvalue weighted by atomic mass is 9.99. The molecule has 20 heavy (non-hydrogen) atoms. The van der Waals surface area contributed by atoms with Crippen LogP contribution in [-0.2, 0) is 9.59 Å². The maximum absolute atomic E-state index is 12.2. The van der Waals surface area contributed by atoms with Crippen LogP contribution in [0.25, 0.3) is 0 Å². The van der Waals surface area contributed by atoms with Gasteiger partial charge < -0.3 is 20.2 Å². The summed E-state index contributed by atoms with van der Waals surface area (Å²) in [6.07, 6.45) is 0. The Hall–Kier alpha value is -1.79. The van der Waals surface area contributed by atoms with Gasteiger partial charge in [0.05, 0.1) is 5.92 Å². The molecular weight excluding hydrogens is 262 g/mol. The number of carbonyl (C=O) groups is 3. The van der Waals surface area contributed by atoms with Crippen molar-refractivity contribution in [3.63, 3.8) is 0 Å². The minimum atomic E-state index is -0.881. The molecule has 0 radical (unpaired) electrons. The number of carboxylic acid groups (broad SMARTS) is 1. The van der Waals surface area contributed by atoms with E-state index < -0.39 is 11.9 Å². The third-order valence-corrected chi connectivity index (χ3v) is 3.36. The minimum absolute atomic E-state index is 0.0224. The van der Waals surface area contributed by atoms with Crippen LogP contribution in [0.4, 0.5) is 4.79 Å². The standard InChI is InChI=1S/C13H23N3O4/c1-8(2)14-11(17)7-15(4)13(20)16-5-9(3)10(6-16)12(18)19/h8-10H,5-7H2,1-4H3,(H,14,17)(H,18,19)/t9-,10-/m1/s1. The lowest BCUT2D eigenvalue weighted by molar-refractivity contribution is -0.142. The monoisotopic (exact) mass is 285 g/mol. The van der Waals surface area contributed by atoms with Crippen LogP contribution in [0, 0.1) is 11.8 Å². The van der Waals surface area contributed by atoms with Crippen LogP contribution < -0.4 is 5.32 Å². The first-order chi connectivity index (χ1) is 9.22. The van der Waals surface area contributed by atoms with Crippen molar-refractivity contribution in [1.29, 1.82) is 0 Å². The van der Waals surface area contributed by atoms with Crippen molar-refractivity contribution in [2.75, 3.05) is 26.7 Å². The summed E-state index contributed by atoms with van der Waals surface area (Å²) >= 11 is 0. The van der Waals surface area contributed by atoms with Gasteiger partial charge in [-0.25, -0.2) is 4.79 Å². The number of amides is 3. The van der Waals surface area contributed by atoms with Crippen molar-refractivity contribution in [3.8, 4) is 0 Å². The third kappa shape index (κ3) is 4.11. The van der Waals surface area contributed by atoms with E-state index in [1.165, 1.54) is 9.80 Å². The largest absolute Gasteiger partial charge is 0.481 e. The summed E-state index contributed by atoms with van der Waals surface area (Å²) in [5.41, 5.74) is 0. The molecule has 7 heteroatoms. The van der Waals surface area contributed by atoms with Crippen LogP contribution in [0.2, 0.25) is 0 Å². The third-order valence-electron chi connectivity index (χ3n) is 3.36. The number of rotatable bonds is 4. The number of nitrogens with one attached hydrogen (secondary N) is 1. The Morgan fingerprint density at radius 3 is 2.40 bits per heavy atom. The van der Waals surface area contributed by atoms with Crippen molar-refractivity contribution in [2.24, 2.45) is 11.8 Å². The fraction of sp³-hybridized carbons (Fsp3) is 0.769. The van der Waals surface area contributed by atoms with Crippen molar-refractivity contribution >= 4 is 17.9 Å². The SMILES string of the molecule is CC(C)NC(=O)CN(C)C(=O)N1C[C@@H](C)[C@H](C(=O)O)C1. The Kier molecular flexibility index (Phi) is 5.35. The van der Waals surface area contributed by atoms with E-state index in [1.807, 2.05) is 20.8 Å². The Morgan fingerprint density at radius 1 is 1.35 bits per heavy atom. The van der Waals surface area contributed by atoms with E-state index in [-0.39, 0.29) is 37.0 Å². The molecule has 0 aromatic heterocycles. The van der Waals surface area contributed by atoms with Crippen molar-refractivity contribution in [3.05, 3.63) is 0 Å². The first-order valence-electron chi connectivity index (χ1n) is 6.74. The molecule has 7 nitrogen and oxygen atoms in total. The maximum atomic E-state index is 12.2. The number of likely N-dealkylation sites (tertiary alicyclic amines) is 1. The van der Waals surface area contributed by atoms with Crippen LogP contribution in [0.5, 0.6) is 0 Å². The van der Waals surface area contributed by atoms with Gasteiger partial charge >= 0.3 is 12.0 Å². The van der Waals surface area contributed by atoms with Crippen molar-refractivity contribution in [2.45, 2.75) is 26.8 Å².